The van der Waals surface area contributed by atoms with E-state index in [0.29, 0.717) is 13.0 Å². The maximum atomic E-state index is 12.9. The molecule has 1 saturated heterocycles. The van der Waals surface area contributed by atoms with Gasteiger partial charge in [-0.25, -0.2) is 33.0 Å². The molecule has 3 aliphatic rings. The first-order valence-corrected chi connectivity index (χ1v) is 23.5. The van der Waals surface area contributed by atoms with Crippen LogP contribution in [0.4, 0.5) is 16.4 Å². The van der Waals surface area contributed by atoms with Gasteiger partial charge in [-0.2, -0.15) is 13.6 Å². The van der Waals surface area contributed by atoms with Gasteiger partial charge in [-0.05, 0) is 30.7 Å². The number of aliphatic hydroxyl groups excluding tert-OH is 1. The fourth-order valence-corrected chi connectivity index (χ4v) is 10.2. The molecule has 4 heterocycles. The molecular formula is C32H42N10O16P3S+. The third-order valence-electron chi connectivity index (χ3n) is 9.01. The molecule has 6 atom stereocenters. The minimum Gasteiger partial charge on any atom is -0.440 e. The van der Waals surface area contributed by atoms with E-state index in [1.807, 2.05) is 54.9 Å². The molecule has 1 fully saturated rings. The lowest BCUT2D eigenvalue weighted by Gasteiger charge is -2.22. The number of H-pyrrole nitrogens is 1. The number of aromatic nitrogens is 5. The SMILES string of the molecule is CN(CCCC(=O)NCCNC(=O)O[C@H]1[C@@H](O)[C@H](n2cnc3c(=O)[nH]c(N)nc32)O[C@@H]1COP(=O)(O)OP(=O)(O)OP(=O)(O)O)c1ccc2nc3ccc(=[N+](C)C)cc-3sc2c1. The van der Waals surface area contributed by atoms with Gasteiger partial charge < -0.3 is 55.4 Å². The van der Waals surface area contributed by atoms with Gasteiger partial charge in [0.15, 0.2) is 23.5 Å². The highest BCUT2D eigenvalue weighted by Gasteiger charge is 2.49. The fraction of sp³-hybridized carbons (Fsp3) is 0.406. The van der Waals surface area contributed by atoms with E-state index >= 15 is 0 Å². The number of nitrogens with two attached hydrogens (primary N) is 1. The average Bonchev–Trinajstić information content (AvgIpc) is 3.72. The van der Waals surface area contributed by atoms with Gasteiger partial charge in [0.05, 0.1) is 33.7 Å². The standard InChI is InChI=1S/C32H41N10O16P3S/c1-40(2)17-6-8-19-22(13-17)62-23-14-18(7-9-20(23)37-19)41(3)12-4-5-24(43)34-10-11-35-32(46)56-27-21(15-54-60(50,51)58-61(52,53)57-59(47,48)49)55-30(26(27)44)42-16-36-25-28(42)38-31(33)39-29(25)45/h6-9,13-14,16,21,26-27,30,44H,4-5,10-12,15H2,1-3H3,(H8-,33,34,35,38,39,43,45,46,47,48,49,50,51,52,53)/p+1/t21-,26-,27-,30-/m1/s1. The van der Waals surface area contributed by atoms with Gasteiger partial charge in [-0.3, -0.25) is 23.7 Å². The van der Waals surface area contributed by atoms with Crippen molar-refractivity contribution in [1.82, 2.24) is 39.7 Å². The molecule has 62 heavy (non-hydrogen) atoms. The van der Waals surface area contributed by atoms with E-state index in [-0.39, 0.29) is 42.5 Å². The third kappa shape index (κ3) is 11.8. The number of benzene rings is 2. The normalized spacial score (nSPS) is 19.9. The van der Waals surface area contributed by atoms with E-state index < -0.39 is 66.3 Å². The molecule has 2 aromatic heterocycles. The lowest BCUT2D eigenvalue weighted by Crippen LogP contribution is -2.42. The number of hydrogen-bond donors (Lipinski definition) is 9. The summed E-state index contributed by atoms with van der Waals surface area (Å²) < 4.78 is 62.4. The molecule has 2 amide bonds. The quantitative estimate of drug-likeness (QED) is 0.0260. The number of imidazole rings is 1. The van der Waals surface area contributed by atoms with Crippen LogP contribution >= 0.6 is 34.8 Å². The van der Waals surface area contributed by atoms with Crippen molar-refractivity contribution in [3.8, 4) is 10.6 Å². The molecule has 6 rings (SSSR count). The Balaban J connectivity index is 1.01. The number of carbonyl (C=O) groups is 2. The van der Waals surface area contributed by atoms with Crippen LogP contribution < -0.4 is 36.8 Å². The zero-order valence-electron chi connectivity index (χ0n) is 32.8. The summed E-state index contributed by atoms with van der Waals surface area (Å²) in [6.07, 6.45) is -6.28. The topological polar surface area (TPSA) is 365 Å². The number of phosphoric acid groups is 3. The molecule has 2 unspecified atom stereocenters. The van der Waals surface area contributed by atoms with Gasteiger partial charge in [-0.15, -0.1) is 11.3 Å². The summed E-state index contributed by atoms with van der Waals surface area (Å²) in [6.45, 7) is -0.753. The lowest BCUT2D eigenvalue weighted by atomic mass is 10.1. The molecule has 0 bridgehead atoms. The second-order valence-corrected chi connectivity index (χ2v) is 19.3. The summed E-state index contributed by atoms with van der Waals surface area (Å²) in [6, 6.07) is 12.1. The Labute approximate surface area is 353 Å². The van der Waals surface area contributed by atoms with E-state index in [4.69, 9.17) is 30.0 Å². The average molecular weight is 948 g/mol. The van der Waals surface area contributed by atoms with Gasteiger partial charge in [0.1, 0.15) is 26.3 Å². The lowest BCUT2D eigenvalue weighted by molar-refractivity contribution is -0.121. The van der Waals surface area contributed by atoms with Crippen LogP contribution in [0.15, 0.2) is 47.5 Å². The maximum Gasteiger partial charge on any atom is 0.490 e. The van der Waals surface area contributed by atoms with Crippen LogP contribution in [0.2, 0.25) is 0 Å². The van der Waals surface area contributed by atoms with Crippen molar-refractivity contribution >= 4 is 79.8 Å². The molecule has 26 nitrogen and oxygen atoms in total. The highest BCUT2D eigenvalue weighted by atomic mass is 32.1. The molecule has 3 aromatic rings. The third-order valence-corrected chi connectivity index (χ3v) is 13.9. The summed E-state index contributed by atoms with van der Waals surface area (Å²) in [5.41, 5.74) is 7.23. The van der Waals surface area contributed by atoms with Crippen LogP contribution in [0.5, 0.6) is 0 Å². The number of ether oxygens (including phenoxy) is 2. The number of fused-ring (bicyclic) bond motifs is 3. The van der Waals surface area contributed by atoms with Gasteiger partial charge in [0.25, 0.3) is 5.56 Å². The van der Waals surface area contributed by atoms with Crippen molar-refractivity contribution in [2.24, 2.45) is 0 Å². The number of amides is 2. The number of phosphoric ester groups is 1. The number of anilines is 2. The summed E-state index contributed by atoms with van der Waals surface area (Å²) in [4.78, 5) is 92.8. The molecule has 1 aromatic carbocycles. The largest absolute Gasteiger partial charge is 0.490 e. The minimum absolute atomic E-state index is 0.0309. The summed E-state index contributed by atoms with van der Waals surface area (Å²) in [7, 11) is -11.4. The van der Waals surface area contributed by atoms with Crippen LogP contribution in [-0.4, -0.2) is 127 Å². The molecule has 0 radical (unpaired) electrons. The molecule has 2 aliphatic heterocycles. The maximum absolute atomic E-state index is 12.9. The highest BCUT2D eigenvalue weighted by Crippen LogP contribution is 2.66. The smallest absolute Gasteiger partial charge is 0.440 e. The first-order chi connectivity index (χ1) is 29.1. The first-order valence-electron chi connectivity index (χ1n) is 18.2. The van der Waals surface area contributed by atoms with Crippen LogP contribution in [-0.2, 0) is 41.1 Å². The van der Waals surface area contributed by atoms with Crippen molar-refractivity contribution < 1.29 is 70.6 Å². The highest BCUT2D eigenvalue weighted by molar-refractivity contribution is 7.66. The number of aliphatic hydroxyl groups is 1. The predicted molar refractivity (Wildman–Crippen MR) is 219 cm³/mol. The molecule has 10 N–H and O–H groups in total. The number of nitrogens with zero attached hydrogens (tertiary/aromatic N) is 6. The van der Waals surface area contributed by atoms with Gasteiger partial charge in [-0.1, -0.05) is 0 Å². The van der Waals surface area contributed by atoms with Crippen molar-refractivity contribution in [3.05, 3.63) is 58.4 Å². The van der Waals surface area contributed by atoms with Gasteiger partial charge in [0.2, 0.25) is 17.2 Å². The van der Waals surface area contributed by atoms with Gasteiger partial charge in [0, 0.05) is 50.9 Å². The Bertz CT molecular complexity index is 2720. The van der Waals surface area contributed by atoms with E-state index in [2.05, 4.69) is 50.9 Å². The van der Waals surface area contributed by atoms with E-state index in [1.54, 1.807) is 11.3 Å². The molecule has 336 valence electrons. The van der Waals surface area contributed by atoms with Crippen LogP contribution in [0, 0.1) is 0 Å². The monoisotopic (exact) mass is 947 g/mol. The second kappa shape index (κ2) is 18.9. The predicted octanol–water partition coefficient (Wildman–Crippen LogP) is 0.177. The van der Waals surface area contributed by atoms with Crippen LogP contribution in [0.1, 0.15) is 19.1 Å². The molecular weight excluding hydrogens is 905 g/mol. The van der Waals surface area contributed by atoms with Crippen molar-refractivity contribution in [2.45, 2.75) is 37.4 Å². The van der Waals surface area contributed by atoms with E-state index in [0.717, 1.165) is 42.7 Å². The Hall–Kier alpha value is -4.72. The number of carbonyl (C=O) groups excluding carboxylic acids is 2. The van der Waals surface area contributed by atoms with Crippen molar-refractivity contribution in [1.29, 1.82) is 0 Å². The number of nitrogens with one attached hydrogen (secondary N) is 3. The zero-order valence-corrected chi connectivity index (χ0v) is 36.3. The zero-order chi connectivity index (χ0) is 45.1. The van der Waals surface area contributed by atoms with E-state index in [9.17, 15) is 43.0 Å². The van der Waals surface area contributed by atoms with Crippen LogP contribution in [0.25, 0.3) is 32.0 Å². The summed E-state index contributed by atoms with van der Waals surface area (Å²) in [5.74, 6) is -0.629. The molecule has 0 spiro atoms. The number of hydrogen-bond acceptors (Lipinski definition) is 18. The first kappa shape index (κ1) is 46.8. The second-order valence-electron chi connectivity index (χ2n) is 13.8. The number of nitrogen functional groups attached to an aromatic ring is 1. The number of aromatic amines is 1. The van der Waals surface area contributed by atoms with Gasteiger partial charge >= 0.3 is 29.6 Å². The number of rotatable bonds is 17. The van der Waals surface area contributed by atoms with Crippen molar-refractivity contribution in [3.63, 3.8) is 0 Å². The Morgan fingerprint density at radius 1 is 1.05 bits per heavy atom. The Kier molecular flexibility index (Phi) is 14.3. The molecule has 30 heteroatoms. The summed E-state index contributed by atoms with van der Waals surface area (Å²) in [5, 5.41) is 17.4. The minimum atomic E-state index is -5.89. The number of alkyl carbamates (subject to hydrolysis) is 1. The Morgan fingerprint density at radius 3 is 2.52 bits per heavy atom. The summed E-state index contributed by atoms with van der Waals surface area (Å²) >= 11 is 1.64. The van der Waals surface area contributed by atoms with Crippen molar-refractivity contribution in [2.75, 3.05) is 58.0 Å². The molecule has 1 aliphatic carbocycles. The van der Waals surface area contributed by atoms with Crippen LogP contribution in [0.3, 0.4) is 0 Å². The van der Waals surface area contributed by atoms with E-state index in [1.165, 1.54) is 0 Å². The fourth-order valence-electron chi connectivity index (χ4n) is 6.17. The Morgan fingerprint density at radius 2 is 1.79 bits per heavy atom. The molecule has 0 saturated carbocycles.